The summed E-state index contributed by atoms with van der Waals surface area (Å²) in [5, 5.41) is 0. The van der Waals surface area contributed by atoms with E-state index in [9.17, 15) is 12.8 Å². The molecule has 2 rings (SSSR count). The van der Waals surface area contributed by atoms with Crippen LogP contribution in [0.1, 0.15) is 30.5 Å². The van der Waals surface area contributed by atoms with Gasteiger partial charge in [0.1, 0.15) is 11.6 Å². The van der Waals surface area contributed by atoms with Gasteiger partial charge in [-0.25, -0.2) is 17.5 Å². The zero-order chi connectivity index (χ0) is 18.8. The molecule has 2 aromatic carbocycles. The Balaban J connectivity index is 2.24. The summed E-state index contributed by atoms with van der Waals surface area (Å²) in [4.78, 5) is 0.237. The van der Waals surface area contributed by atoms with Crippen molar-refractivity contribution in [2.45, 2.75) is 38.0 Å². The Kier molecular flexibility index (Phi) is 5.54. The van der Waals surface area contributed by atoms with Gasteiger partial charge in [-0.3, -0.25) is 0 Å². The van der Waals surface area contributed by atoms with Gasteiger partial charge in [-0.15, -0.1) is 0 Å². The Morgan fingerprint density at radius 1 is 1.08 bits per heavy atom. The average molecular weight is 365 g/mol. The molecule has 4 nitrogen and oxygen atoms in total. The van der Waals surface area contributed by atoms with Crippen molar-refractivity contribution in [3.05, 3.63) is 58.9 Å². The monoisotopic (exact) mass is 365 g/mol. The van der Waals surface area contributed by atoms with Crippen molar-refractivity contribution in [2.24, 2.45) is 0 Å². The maximum Gasteiger partial charge on any atom is 0.240 e. The van der Waals surface area contributed by atoms with Crippen LogP contribution in [0.2, 0.25) is 0 Å². The molecule has 0 unspecified atom stereocenters. The summed E-state index contributed by atoms with van der Waals surface area (Å²) in [5.41, 5.74) is 1.76. The highest BCUT2D eigenvalue weighted by molar-refractivity contribution is 7.89. The van der Waals surface area contributed by atoms with Crippen LogP contribution in [-0.2, 0) is 15.4 Å². The number of aryl methyl sites for hydroxylation is 2. The quantitative estimate of drug-likeness (QED) is 0.849. The van der Waals surface area contributed by atoms with Gasteiger partial charge in [0.2, 0.25) is 10.0 Å². The number of sulfonamides is 1. The highest BCUT2D eigenvalue weighted by Crippen LogP contribution is 2.27. The summed E-state index contributed by atoms with van der Waals surface area (Å²) in [6, 6.07) is 9.43. The minimum absolute atomic E-state index is 0.200. The van der Waals surface area contributed by atoms with Gasteiger partial charge < -0.3 is 4.74 Å². The molecule has 25 heavy (non-hydrogen) atoms. The summed E-state index contributed by atoms with van der Waals surface area (Å²) in [7, 11) is -2.11. The molecule has 2 aromatic rings. The zero-order valence-electron chi connectivity index (χ0n) is 15.2. The van der Waals surface area contributed by atoms with Crippen LogP contribution >= 0.6 is 0 Å². The van der Waals surface area contributed by atoms with E-state index in [1.807, 2.05) is 13.8 Å². The molecule has 0 amide bonds. The van der Waals surface area contributed by atoms with Crippen molar-refractivity contribution < 1.29 is 17.5 Å². The molecule has 1 N–H and O–H groups in total. The molecule has 6 heteroatoms. The first-order valence-corrected chi connectivity index (χ1v) is 9.46. The number of halogens is 1. The lowest BCUT2D eigenvalue weighted by atomic mass is 9.85. The van der Waals surface area contributed by atoms with Crippen LogP contribution in [0.15, 0.2) is 41.3 Å². The Morgan fingerprint density at radius 2 is 1.68 bits per heavy atom. The Labute approximate surface area is 149 Å². The van der Waals surface area contributed by atoms with E-state index in [-0.39, 0.29) is 17.3 Å². The van der Waals surface area contributed by atoms with Crippen LogP contribution in [0.5, 0.6) is 5.75 Å². The zero-order valence-corrected chi connectivity index (χ0v) is 16.0. The fraction of sp³-hybridized carbons (Fsp3) is 0.368. The first kappa shape index (κ1) is 19.4. The van der Waals surface area contributed by atoms with E-state index in [4.69, 9.17) is 4.74 Å². The molecule has 0 atom stereocenters. The first-order valence-electron chi connectivity index (χ1n) is 7.98. The van der Waals surface area contributed by atoms with E-state index in [0.29, 0.717) is 11.3 Å². The minimum atomic E-state index is -3.67. The maximum atomic E-state index is 13.1. The van der Waals surface area contributed by atoms with Crippen LogP contribution in [-0.4, -0.2) is 22.1 Å². The van der Waals surface area contributed by atoms with Gasteiger partial charge in [-0.05, 0) is 54.8 Å². The van der Waals surface area contributed by atoms with E-state index in [0.717, 1.165) is 11.1 Å². The summed E-state index contributed by atoms with van der Waals surface area (Å²) >= 11 is 0. The fourth-order valence-corrected chi connectivity index (χ4v) is 4.15. The maximum absolute atomic E-state index is 13.1. The summed E-state index contributed by atoms with van der Waals surface area (Å²) < 4.78 is 46.4. The van der Waals surface area contributed by atoms with Crippen molar-refractivity contribution in [2.75, 3.05) is 13.7 Å². The first-order chi connectivity index (χ1) is 11.6. The molecule has 0 saturated carbocycles. The molecule has 0 aliphatic rings. The molecule has 136 valence electrons. The highest BCUT2D eigenvalue weighted by atomic mass is 32.2. The van der Waals surface area contributed by atoms with Crippen molar-refractivity contribution >= 4 is 10.0 Å². The molecular weight excluding hydrogens is 341 g/mol. The number of rotatable bonds is 6. The third kappa shape index (κ3) is 4.38. The van der Waals surface area contributed by atoms with Crippen molar-refractivity contribution in [3.8, 4) is 5.75 Å². The second-order valence-electron chi connectivity index (χ2n) is 6.80. The SMILES string of the molecule is COc1cc(C)c(S(=O)(=O)NCC(C)(C)c2ccc(F)cc2)cc1C. The molecule has 0 heterocycles. The molecule has 0 spiro atoms. The average Bonchev–Trinajstić information content (AvgIpc) is 2.55. The Morgan fingerprint density at radius 3 is 2.24 bits per heavy atom. The number of hydrogen-bond acceptors (Lipinski definition) is 3. The van der Waals surface area contributed by atoms with Gasteiger partial charge in [0.05, 0.1) is 12.0 Å². The summed E-state index contributed by atoms with van der Waals surface area (Å²) in [5.74, 6) is 0.340. The van der Waals surface area contributed by atoms with Crippen molar-refractivity contribution in [1.29, 1.82) is 0 Å². The van der Waals surface area contributed by atoms with Crippen LogP contribution < -0.4 is 9.46 Å². The number of methoxy groups -OCH3 is 1. The lowest BCUT2D eigenvalue weighted by molar-refractivity contribution is 0.411. The van der Waals surface area contributed by atoms with E-state index >= 15 is 0 Å². The minimum Gasteiger partial charge on any atom is -0.496 e. The van der Waals surface area contributed by atoms with Crippen molar-refractivity contribution in [1.82, 2.24) is 4.72 Å². The second kappa shape index (κ2) is 7.14. The van der Waals surface area contributed by atoms with Crippen LogP contribution in [0.3, 0.4) is 0 Å². The molecule has 0 fully saturated rings. The summed E-state index contributed by atoms with van der Waals surface area (Å²) in [6.45, 7) is 7.57. The number of benzene rings is 2. The van der Waals surface area contributed by atoms with Crippen LogP contribution in [0.25, 0.3) is 0 Å². The van der Waals surface area contributed by atoms with Crippen molar-refractivity contribution in [3.63, 3.8) is 0 Å². The largest absolute Gasteiger partial charge is 0.496 e. The Bertz CT molecular complexity index is 859. The normalized spacial score (nSPS) is 12.2. The van der Waals surface area contributed by atoms with E-state index in [1.54, 1.807) is 45.2 Å². The van der Waals surface area contributed by atoms with E-state index in [1.165, 1.54) is 12.1 Å². The molecule has 0 aromatic heterocycles. The second-order valence-corrected chi connectivity index (χ2v) is 8.54. The predicted molar refractivity (Wildman–Crippen MR) is 97.1 cm³/mol. The van der Waals surface area contributed by atoms with Crippen LogP contribution in [0.4, 0.5) is 4.39 Å². The molecule has 0 radical (unpaired) electrons. The standard InChI is InChI=1S/C19H24FNO3S/c1-13-11-18(14(2)10-17(13)24-5)25(22,23)21-12-19(3,4)15-6-8-16(20)9-7-15/h6-11,21H,12H2,1-5H3. The molecular formula is C19H24FNO3S. The predicted octanol–water partition coefficient (Wildman–Crippen LogP) is 3.71. The number of hydrogen-bond donors (Lipinski definition) is 1. The molecule has 0 saturated heterocycles. The number of ether oxygens (including phenoxy) is 1. The van der Waals surface area contributed by atoms with Gasteiger partial charge in [0, 0.05) is 12.0 Å². The highest BCUT2D eigenvalue weighted by Gasteiger charge is 2.25. The van der Waals surface area contributed by atoms with Gasteiger partial charge in [0.15, 0.2) is 0 Å². The smallest absolute Gasteiger partial charge is 0.240 e. The van der Waals surface area contributed by atoms with Gasteiger partial charge in [0.25, 0.3) is 0 Å². The third-order valence-electron chi connectivity index (χ3n) is 4.31. The molecule has 0 aliphatic carbocycles. The molecule has 0 bridgehead atoms. The summed E-state index contributed by atoms with van der Waals surface area (Å²) in [6.07, 6.45) is 0. The Hall–Kier alpha value is -1.92. The molecule has 0 aliphatic heterocycles. The van der Waals surface area contributed by atoms with Gasteiger partial charge in [-0.1, -0.05) is 26.0 Å². The van der Waals surface area contributed by atoms with Gasteiger partial charge in [-0.2, -0.15) is 0 Å². The lowest BCUT2D eigenvalue weighted by Crippen LogP contribution is -2.37. The topological polar surface area (TPSA) is 55.4 Å². The van der Waals surface area contributed by atoms with Gasteiger partial charge >= 0.3 is 0 Å². The van der Waals surface area contributed by atoms with Crippen LogP contribution in [0, 0.1) is 19.7 Å². The number of nitrogens with one attached hydrogen (secondary N) is 1. The third-order valence-corrected chi connectivity index (χ3v) is 5.86. The van der Waals surface area contributed by atoms with E-state index < -0.39 is 15.4 Å². The van der Waals surface area contributed by atoms with E-state index in [2.05, 4.69) is 4.72 Å². The fourth-order valence-electron chi connectivity index (χ4n) is 2.63. The lowest BCUT2D eigenvalue weighted by Gasteiger charge is -2.26.